The Hall–Kier alpha value is -1.39. The summed E-state index contributed by atoms with van der Waals surface area (Å²) in [5, 5.41) is 0. The Labute approximate surface area is 61.2 Å². The molecular weight excluding hydrogens is 154 g/mol. The van der Waals surface area contributed by atoms with Crippen LogP contribution in [0.25, 0.3) is 0 Å². The number of hydrogen-bond acceptors (Lipinski definition) is 1. The number of carbonyl (C=O) groups excluding carboxylic acids is 1. The molecule has 1 rings (SSSR count). The van der Waals surface area contributed by atoms with Crippen molar-refractivity contribution >= 4 is 5.91 Å². The Morgan fingerprint density at radius 3 is 2.55 bits per heavy atom. The second-order valence-corrected chi connectivity index (χ2v) is 1.99. The molecule has 1 amide bonds. The van der Waals surface area contributed by atoms with Gasteiger partial charge in [-0.15, -0.1) is 0 Å². The average molecular weight is 160 g/mol. The third-order valence-electron chi connectivity index (χ3n) is 1.28. The van der Waals surface area contributed by atoms with Gasteiger partial charge in [0.1, 0.15) is 0 Å². The summed E-state index contributed by atoms with van der Waals surface area (Å²) < 4.78 is 24.0. The first-order chi connectivity index (χ1) is 5.13. The molecule has 1 aromatic heterocycles. The van der Waals surface area contributed by atoms with Crippen molar-refractivity contribution in [1.29, 1.82) is 0 Å². The lowest BCUT2D eigenvalue weighted by atomic mass is 10.2. The van der Waals surface area contributed by atoms with E-state index in [-0.39, 0.29) is 11.1 Å². The lowest BCUT2D eigenvalue weighted by molar-refractivity contribution is 0.0987. The third-order valence-corrected chi connectivity index (χ3v) is 1.28. The monoisotopic (exact) mass is 160 g/mol. The number of aromatic amines is 1. The molecule has 0 aromatic carbocycles. The van der Waals surface area contributed by atoms with Crippen LogP contribution in [0.4, 0.5) is 8.78 Å². The van der Waals surface area contributed by atoms with Gasteiger partial charge in [0.25, 0.3) is 12.3 Å². The van der Waals surface area contributed by atoms with Crippen LogP contribution in [0.2, 0.25) is 0 Å². The summed E-state index contributed by atoms with van der Waals surface area (Å²) >= 11 is 0. The topological polar surface area (TPSA) is 58.9 Å². The van der Waals surface area contributed by atoms with Crippen molar-refractivity contribution in [2.24, 2.45) is 5.73 Å². The highest BCUT2D eigenvalue weighted by Crippen LogP contribution is 2.21. The van der Waals surface area contributed by atoms with Crippen LogP contribution in [0.3, 0.4) is 0 Å². The highest BCUT2D eigenvalue weighted by molar-refractivity contribution is 5.94. The zero-order chi connectivity index (χ0) is 8.43. The molecule has 0 aliphatic rings. The molecular formula is C6H6F2N2O. The lowest BCUT2D eigenvalue weighted by Crippen LogP contribution is -2.12. The maximum Gasteiger partial charge on any atom is 0.266 e. The van der Waals surface area contributed by atoms with E-state index >= 15 is 0 Å². The van der Waals surface area contributed by atoms with Crippen LogP contribution < -0.4 is 5.73 Å². The molecule has 0 spiro atoms. The predicted octanol–water partition coefficient (Wildman–Crippen LogP) is 1.05. The van der Waals surface area contributed by atoms with E-state index in [0.717, 1.165) is 12.4 Å². The van der Waals surface area contributed by atoms with Crippen LogP contribution in [-0.4, -0.2) is 10.9 Å². The zero-order valence-electron chi connectivity index (χ0n) is 5.47. The first kappa shape index (κ1) is 7.71. The summed E-state index contributed by atoms with van der Waals surface area (Å²) in [4.78, 5) is 12.8. The molecule has 11 heavy (non-hydrogen) atoms. The lowest BCUT2D eigenvalue weighted by Gasteiger charge is -1.96. The Morgan fingerprint density at radius 2 is 2.18 bits per heavy atom. The number of halogens is 2. The second kappa shape index (κ2) is 2.69. The first-order valence-corrected chi connectivity index (χ1v) is 2.87. The number of alkyl halides is 2. The van der Waals surface area contributed by atoms with E-state index in [0.29, 0.717) is 0 Å². The van der Waals surface area contributed by atoms with Gasteiger partial charge in [-0.3, -0.25) is 4.79 Å². The molecule has 3 nitrogen and oxygen atoms in total. The molecule has 0 bridgehead atoms. The molecule has 0 aliphatic carbocycles. The standard InChI is InChI=1S/C6H6F2N2O/c7-5(8)3-1-10-2-4(3)6(9)11/h1-2,5,10H,(H2,9,11). The SMILES string of the molecule is NC(=O)c1c[nH]cc1C(F)F. The number of amides is 1. The van der Waals surface area contributed by atoms with Crippen molar-refractivity contribution in [1.82, 2.24) is 4.98 Å². The fraction of sp³-hybridized carbons (Fsp3) is 0.167. The highest BCUT2D eigenvalue weighted by Gasteiger charge is 2.16. The molecule has 60 valence electrons. The van der Waals surface area contributed by atoms with E-state index < -0.39 is 12.3 Å². The van der Waals surface area contributed by atoms with Crippen molar-refractivity contribution in [2.75, 3.05) is 0 Å². The number of nitrogens with one attached hydrogen (secondary N) is 1. The first-order valence-electron chi connectivity index (χ1n) is 2.87. The summed E-state index contributed by atoms with van der Waals surface area (Å²) in [5.41, 5.74) is 4.30. The minimum atomic E-state index is -2.66. The van der Waals surface area contributed by atoms with Gasteiger partial charge in [0.2, 0.25) is 0 Å². The van der Waals surface area contributed by atoms with E-state index in [1.807, 2.05) is 0 Å². The second-order valence-electron chi connectivity index (χ2n) is 1.99. The van der Waals surface area contributed by atoms with Crippen molar-refractivity contribution in [3.05, 3.63) is 23.5 Å². The minimum absolute atomic E-state index is 0.153. The molecule has 1 heterocycles. The summed E-state index contributed by atoms with van der Waals surface area (Å²) in [5.74, 6) is -0.846. The summed E-state index contributed by atoms with van der Waals surface area (Å²) in [6, 6.07) is 0. The van der Waals surface area contributed by atoms with Crippen LogP contribution in [-0.2, 0) is 0 Å². The fourth-order valence-corrected chi connectivity index (χ4v) is 0.770. The van der Waals surface area contributed by atoms with Crippen molar-refractivity contribution in [3.63, 3.8) is 0 Å². The molecule has 0 unspecified atom stereocenters. The molecule has 3 N–H and O–H groups in total. The molecule has 0 radical (unpaired) electrons. The average Bonchev–Trinajstić information content (AvgIpc) is 2.32. The quantitative estimate of drug-likeness (QED) is 0.667. The van der Waals surface area contributed by atoms with Crippen LogP contribution in [0.15, 0.2) is 12.4 Å². The van der Waals surface area contributed by atoms with Gasteiger partial charge >= 0.3 is 0 Å². The van der Waals surface area contributed by atoms with Gasteiger partial charge in [-0.2, -0.15) is 0 Å². The molecule has 0 saturated heterocycles. The van der Waals surface area contributed by atoms with Gasteiger partial charge < -0.3 is 10.7 Å². The van der Waals surface area contributed by atoms with Crippen LogP contribution >= 0.6 is 0 Å². The van der Waals surface area contributed by atoms with E-state index in [1.165, 1.54) is 0 Å². The summed E-state index contributed by atoms with van der Waals surface area (Å²) in [6.07, 6.45) is -0.446. The van der Waals surface area contributed by atoms with Crippen LogP contribution in [0.5, 0.6) is 0 Å². The molecule has 0 aliphatic heterocycles. The number of primary amides is 1. The Morgan fingerprint density at radius 1 is 1.55 bits per heavy atom. The van der Waals surface area contributed by atoms with Gasteiger partial charge in [0, 0.05) is 18.0 Å². The molecule has 5 heteroatoms. The maximum absolute atomic E-state index is 12.0. The van der Waals surface area contributed by atoms with Gasteiger partial charge in [-0.1, -0.05) is 0 Å². The normalized spacial score (nSPS) is 10.5. The van der Waals surface area contributed by atoms with E-state index in [4.69, 9.17) is 5.73 Å². The van der Waals surface area contributed by atoms with E-state index in [1.54, 1.807) is 0 Å². The van der Waals surface area contributed by atoms with Crippen molar-refractivity contribution in [2.45, 2.75) is 6.43 Å². The van der Waals surface area contributed by atoms with Gasteiger partial charge in [-0.25, -0.2) is 8.78 Å². The number of hydrogen-bond donors (Lipinski definition) is 2. The third kappa shape index (κ3) is 1.36. The van der Waals surface area contributed by atoms with Gasteiger partial charge in [0.05, 0.1) is 5.56 Å². The fourth-order valence-electron chi connectivity index (χ4n) is 0.770. The van der Waals surface area contributed by atoms with E-state index in [9.17, 15) is 13.6 Å². The van der Waals surface area contributed by atoms with Gasteiger partial charge in [-0.05, 0) is 0 Å². The Kier molecular flexibility index (Phi) is 1.89. The zero-order valence-corrected chi connectivity index (χ0v) is 5.47. The van der Waals surface area contributed by atoms with Crippen molar-refractivity contribution < 1.29 is 13.6 Å². The molecule has 1 aromatic rings. The molecule has 0 fully saturated rings. The maximum atomic E-state index is 12.0. The number of nitrogens with two attached hydrogens (primary N) is 1. The number of rotatable bonds is 2. The van der Waals surface area contributed by atoms with Gasteiger partial charge in [0.15, 0.2) is 0 Å². The Bertz CT molecular complexity index is 269. The van der Waals surface area contributed by atoms with Crippen molar-refractivity contribution in [3.8, 4) is 0 Å². The van der Waals surface area contributed by atoms with Crippen LogP contribution in [0.1, 0.15) is 22.3 Å². The molecule has 0 atom stereocenters. The number of H-pyrrole nitrogens is 1. The highest BCUT2D eigenvalue weighted by atomic mass is 19.3. The summed E-state index contributed by atoms with van der Waals surface area (Å²) in [7, 11) is 0. The number of carbonyl (C=O) groups is 1. The largest absolute Gasteiger partial charge is 0.366 e. The molecule has 0 saturated carbocycles. The van der Waals surface area contributed by atoms with E-state index in [2.05, 4.69) is 4.98 Å². The van der Waals surface area contributed by atoms with Crippen LogP contribution in [0, 0.1) is 0 Å². The minimum Gasteiger partial charge on any atom is -0.366 e. The number of aromatic nitrogens is 1. The Balaban J connectivity index is 3.06. The predicted molar refractivity (Wildman–Crippen MR) is 34.3 cm³/mol. The smallest absolute Gasteiger partial charge is 0.266 e. The summed E-state index contributed by atoms with van der Waals surface area (Å²) in [6.45, 7) is 0.